The summed E-state index contributed by atoms with van der Waals surface area (Å²) >= 11 is 0. The summed E-state index contributed by atoms with van der Waals surface area (Å²) < 4.78 is 10.4. The van der Waals surface area contributed by atoms with Crippen molar-refractivity contribution in [3.8, 4) is 0 Å². The first-order valence-electron chi connectivity index (χ1n) is 7.84. The molecule has 0 saturated carbocycles. The van der Waals surface area contributed by atoms with Crippen molar-refractivity contribution >= 4 is 17.7 Å². The molecule has 0 fully saturated rings. The Hall–Kier alpha value is -2.96. The molecule has 25 heavy (non-hydrogen) atoms. The van der Waals surface area contributed by atoms with Gasteiger partial charge in [-0.3, -0.25) is 0 Å². The Labute approximate surface area is 146 Å². The minimum Gasteiger partial charge on any atom is -0.475 e. The largest absolute Gasteiger partial charge is 0.475 e. The van der Waals surface area contributed by atoms with Crippen LogP contribution in [0.15, 0.2) is 40.8 Å². The van der Waals surface area contributed by atoms with Gasteiger partial charge in [-0.05, 0) is 50.6 Å². The molecule has 7 nitrogen and oxygen atoms in total. The van der Waals surface area contributed by atoms with Crippen LogP contribution in [0.3, 0.4) is 0 Å². The molecule has 1 heterocycles. The smallest absolute Gasteiger partial charge is 0.407 e. The molecule has 1 aromatic carbocycles. The number of amides is 1. The summed E-state index contributed by atoms with van der Waals surface area (Å²) in [6.45, 7) is 6.12. The van der Waals surface area contributed by atoms with Crippen molar-refractivity contribution in [2.45, 2.75) is 39.5 Å². The third kappa shape index (κ3) is 6.21. The molecule has 0 spiro atoms. The van der Waals surface area contributed by atoms with E-state index in [1.165, 1.54) is 6.07 Å². The molecule has 0 saturated heterocycles. The molecule has 0 atom stereocenters. The predicted octanol–water partition coefficient (Wildman–Crippen LogP) is 3.61. The van der Waals surface area contributed by atoms with Crippen molar-refractivity contribution in [3.05, 3.63) is 53.5 Å². The number of ether oxygens (including phenoxy) is 1. The maximum absolute atomic E-state index is 11.7. The predicted molar refractivity (Wildman–Crippen MR) is 92.5 cm³/mol. The van der Waals surface area contributed by atoms with E-state index in [4.69, 9.17) is 14.3 Å². The average molecular weight is 346 g/mol. The summed E-state index contributed by atoms with van der Waals surface area (Å²) in [7, 11) is 0. The van der Waals surface area contributed by atoms with E-state index in [-0.39, 0.29) is 5.76 Å². The van der Waals surface area contributed by atoms with Gasteiger partial charge in [-0.15, -0.1) is 0 Å². The second-order valence-corrected chi connectivity index (χ2v) is 6.48. The van der Waals surface area contributed by atoms with Crippen molar-refractivity contribution < 1.29 is 23.8 Å². The number of anilines is 1. The van der Waals surface area contributed by atoms with Crippen molar-refractivity contribution in [2.24, 2.45) is 0 Å². The van der Waals surface area contributed by atoms with Crippen LogP contribution >= 0.6 is 0 Å². The number of rotatable bonds is 6. The van der Waals surface area contributed by atoms with E-state index in [1.54, 1.807) is 6.07 Å². The van der Waals surface area contributed by atoms with Gasteiger partial charge in [0, 0.05) is 12.2 Å². The molecule has 134 valence electrons. The first-order chi connectivity index (χ1) is 11.7. The van der Waals surface area contributed by atoms with Gasteiger partial charge < -0.3 is 24.9 Å². The number of carbonyl (C=O) groups is 2. The highest BCUT2D eigenvalue weighted by Gasteiger charge is 2.15. The monoisotopic (exact) mass is 346 g/mol. The van der Waals surface area contributed by atoms with Crippen molar-refractivity contribution in [1.29, 1.82) is 0 Å². The van der Waals surface area contributed by atoms with E-state index >= 15 is 0 Å². The molecule has 0 aliphatic heterocycles. The van der Waals surface area contributed by atoms with Crippen molar-refractivity contribution in [1.82, 2.24) is 5.32 Å². The fourth-order valence-electron chi connectivity index (χ4n) is 2.06. The minimum absolute atomic E-state index is 0.0906. The normalized spacial score (nSPS) is 11.0. The Balaban J connectivity index is 1.87. The second-order valence-electron chi connectivity index (χ2n) is 6.48. The van der Waals surface area contributed by atoms with E-state index in [1.807, 2.05) is 45.0 Å². The summed E-state index contributed by atoms with van der Waals surface area (Å²) in [6, 6.07) is 10.5. The number of furan rings is 1. The Kier molecular flexibility index (Phi) is 5.69. The molecular formula is C18H22N2O5. The van der Waals surface area contributed by atoms with Crippen LogP contribution in [0.25, 0.3) is 0 Å². The van der Waals surface area contributed by atoms with E-state index < -0.39 is 17.7 Å². The third-order valence-corrected chi connectivity index (χ3v) is 3.10. The maximum Gasteiger partial charge on any atom is 0.407 e. The molecule has 1 amide bonds. The van der Waals surface area contributed by atoms with Crippen LogP contribution < -0.4 is 10.6 Å². The number of benzene rings is 1. The summed E-state index contributed by atoms with van der Waals surface area (Å²) in [5.41, 5.74) is 1.20. The zero-order valence-electron chi connectivity index (χ0n) is 14.5. The van der Waals surface area contributed by atoms with E-state index in [2.05, 4.69) is 10.6 Å². The molecule has 0 radical (unpaired) electrons. The lowest BCUT2D eigenvalue weighted by Gasteiger charge is -2.19. The minimum atomic E-state index is -1.10. The number of hydrogen-bond acceptors (Lipinski definition) is 5. The number of nitrogens with one attached hydrogen (secondary N) is 2. The van der Waals surface area contributed by atoms with Crippen LogP contribution in [0.2, 0.25) is 0 Å². The third-order valence-electron chi connectivity index (χ3n) is 3.10. The second kappa shape index (κ2) is 7.74. The molecule has 0 aliphatic carbocycles. The highest BCUT2D eigenvalue weighted by Crippen LogP contribution is 2.14. The molecule has 3 N–H and O–H groups in total. The molecule has 0 unspecified atom stereocenters. The highest BCUT2D eigenvalue weighted by molar-refractivity contribution is 5.84. The van der Waals surface area contributed by atoms with Gasteiger partial charge in [-0.25, -0.2) is 9.59 Å². The van der Waals surface area contributed by atoms with Gasteiger partial charge in [0.25, 0.3) is 0 Å². The fourth-order valence-corrected chi connectivity index (χ4v) is 2.06. The lowest BCUT2D eigenvalue weighted by Crippen LogP contribution is -2.32. The fraction of sp³-hybridized carbons (Fsp3) is 0.333. The van der Waals surface area contributed by atoms with Crippen LogP contribution in [-0.4, -0.2) is 22.8 Å². The van der Waals surface area contributed by atoms with Crippen LogP contribution in [0.5, 0.6) is 0 Å². The first-order valence-corrected chi connectivity index (χ1v) is 7.84. The molecule has 7 heteroatoms. The SMILES string of the molecule is CC(C)(C)OC(=O)NCc1cccc(NCc2ccc(C(=O)O)o2)c1. The lowest BCUT2D eigenvalue weighted by molar-refractivity contribution is 0.0523. The van der Waals surface area contributed by atoms with Crippen LogP contribution in [-0.2, 0) is 17.8 Å². The highest BCUT2D eigenvalue weighted by atomic mass is 16.6. The maximum atomic E-state index is 11.7. The van der Waals surface area contributed by atoms with Crippen molar-refractivity contribution in [2.75, 3.05) is 5.32 Å². The zero-order chi connectivity index (χ0) is 18.4. The van der Waals surface area contributed by atoms with Gasteiger partial charge in [-0.2, -0.15) is 0 Å². The Morgan fingerprint density at radius 3 is 2.56 bits per heavy atom. The number of carboxylic acids is 1. The quantitative estimate of drug-likeness (QED) is 0.738. The number of aromatic carboxylic acids is 1. The van der Waals surface area contributed by atoms with E-state index in [0.29, 0.717) is 18.8 Å². The van der Waals surface area contributed by atoms with Crippen LogP contribution in [0.1, 0.15) is 42.6 Å². The van der Waals surface area contributed by atoms with E-state index in [0.717, 1.165) is 11.3 Å². The molecule has 2 rings (SSSR count). The Morgan fingerprint density at radius 1 is 1.16 bits per heavy atom. The molecule has 1 aromatic heterocycles. The Bertz CT molecular complexity index is 746. The summed E-state index contributed by atoms with van der Waals surface area (Å²) in [4.78, 5) is 22.5. The van der Waals surface area contributed by atoms with Gasteiger partial charge in [0.2, 0.25) is 5.76 Å². The van der Waals surface area contributed by atoms with Crippen LogP contribution in [0, 0.1) is 0 Å². The topological polar surface area (TPSA) is 101 Å². The van der Waals surface area contributed by atoms with Crippen molar-refractivity contribution in [3.63, 3.8) is 0 Å². The Morgan fingerprint density at radius 2 is 1.92 bits per heavy atom. The van der Waals surface area contributed by atoms with Gasteiger partial charge in [0.15, 0.2) is 0 Å². The zero-order valence-corrected chi connectivity index (χ0v) is 14.5. The average Bonchev–Trinajstić information content (AvgIpc) is 2.99. The summed E-state index contributed by atoms with van der Waals surface area (Å²) in [5.74, 6) is -0.664. The number of hydrogen-bond donors (Lipinski definition) is 3. The first kappa shape index (κ1) is 18.4. The lowest BCUT2D eigenvalue weighted by atomic mass is 10.2. The van der Waals surface area contributed by atoms with Crippen LogP contribution in [0.4, 0.5) is 10.5 Å². The van der Waals surface area contributed by atoms with E-state index in [9.17, 15) is 9.59 Å². The molecular weight excluding hydrogens is 324 g/mol. The molecule has 2 aromatic rings. The summed E-state index contributed by atoms with van der Waals surface area (Å²) in [5, 5.41) is 14.7. The van der Waals surface area contributed by atoms with Gasteiger partial charge in [0.05, 0.1) is 6.54 Å². The number of carboxylic acid groups (broad SMARTS) is 1. The molecule has 0 bridgehead atoms. The van der Waals surface area contributed by atoms with Gasteiger partial charge in [0.1, 0.15) is 11.4 Å². The number of carbonyl (C=O) groups excluding carboxylic acids is 1. The van der Waals surface area contributed by atoms with Gasteiger partial charge in [-0.1, -0.05) is 12.1 Å². The number of alkyl carbamates (subject to hydrolysis) is 1. The van der Waals surface area contributed by atoms with Gasteiger partial charge >= 0.3 is 12.1 Å². The molecule has 0 aliphatic rings. The standard InChI is InChI=1S/C18H22N2O5/c1-18(2,3)25-17(23)20-10-12-5-4-6-13(9-12)19-11-14-7-8-15(24-14)16(21)22/h4-9,19H,10-11H2,1-3H3,(H,20,23)(H,21,22). The summed E-state index contributed by atoms with van der Waals surface area (Å²) in [6.07, 6.45) is -0.470.